The summed E-state index contributed by atoms with van der Waals surface area (Å²) >= 11 is 6.00. The first-order valence-corrected chi connectivity index (χ1v) is 10.6. The van der Waals surface area contributed by atoms with E-state index in [9.17, 15) is 22.8 Å². The lowest BCUT2D eigenvalue weighted by Gasteiger charge is -2.35. The van der Waals surface area contributed by atoms with Crippen LogP contribution in [0.5, 0.6) is 0 Å². The van der Waals surface area contributed by atoms with E-state index in [1.54, 1.807) is 11.1 Å². The zero-order chi connectivity index (χ0) is 23.6. The van der Waals surface area contributed by atoms with E-state index in [0.29, 0.717) is 26.2 Å². The Kier molecular flexibility index (Phi) is 6.46. The van der Waals surface area contributed by atoms with Crippen LogP contribution in [0.4, 0.5) is 19.0 Å². The fraction of sp³-hybridized carbons (Fsp3) is 0.318. The van der Waals surface area contributed by atoms with Crippen molar-refractivity contribution in [3.63, 3.8) is 0 Å². The van der Waals surface area contributed by atoms with Crippen molar-refractivity contribution in [3.05, 3.63) is 58.9 Å². The van der Waals surface area contributed by atoms with Gasteiger partial charge in [-0.1, -0.05) is 29.8 Å². The van der Waals surface area contributed by atoms with Crippen LogP contribution in [0.15, 0.2) is 42.7 Å². The number of rotatable bonds is 5. The van der Waals surface area contributed by atoms with Crippen LogP contribution in [-0.2, 0) is 26.9 Å². The highest BCUT2D eigenvalue weighted by Crippen LogP contribution is 2.33. The highest BCUT2D eigenvalue weighted by molar-refractivity contribution is 6.33. The standard InChI is InChI=1S/C22H20ClF3N4O3/c23-17-10-15(22(24,25)26)12-28-21(17)30-7-5-29(6-8-30)19(31)13-33-20(32)9-14-11-27-18-4-2-1-3-16(14)18/h1-4,10-12,27H,5-9,13H2. The Balaban J connectivity index is 1.27. The summed E-state index contributed by atoms with van der Waals surface area (Å²) in [6.45, 7) is 0.913. The number of aromatic amines is 1. The van der Waals surface area contributed by atoms with Crippen LogP contribution in [0.1, 0.15) is 11.1 Å². The van der Waals surface area contributed by atoms with Crippen molar-refractivity contribution < 1.29 is 27.5 Å². The van der Waals surface area contributed by atoms with Crippen LogP contribution in [-0.4, -0.2) is 59.5 Å². The van der Waals surface area contributed by atoms with E-state index in [4.69, 9.17) is 16.3 Å². The predicted octanol–water partition coefficient (Wildman–Crippen LogP) is 3.67. The molecule has 1 fully saturated rings. The summed E-state index contributed by atoms with van der Waals surface area (Å²) in [5.74, 6) is -0.609. The molecule has 174 valence electrons. The molecule has 1 aliphatic heterocycles. The molecule has 1 saturated heterocycles. The van der Waals surface area contributed by atoms with Gasteiger partial charge in [0.15, 0.2) is 6.61 Å². The van der Waals surface area contributed by atoms with Gasteiger partial charge in [0.1, 0.15) is 5.82 Å². The number of piperazine rings is 1. The van der Waals surface area contributed by atoms with Crippen molar-refractivity contribution in [2.24, 2.45) is 0 Å². The number of anilines is 1. The zero-order valence-electron chi connectivity index (χ0n) is 17.4. The van der Waals surface area contributed by atoms with Gasteiger partial charge < -0.3 is 19.5 Å². The first-order valence-electron chi connectivity index (χ1n) is 10.2. The molecule has 1 aliphatic rings. The monoisotopic (exact) mass is 480 g/mol. The number of alkyl halides is 3. The summed E-state index contributed by atoms with van der Waals surface area (Å²) in [4.78, 5) is 34.8. The van der Waals surface area contributed by atoms with Gasteiger partial charge in [-0.05, 0) is 17.7 Å². The summed E-state index contributed by atoms with van der Waals surface area (Å²) in [5, 5.41) is 0.822. The lowest BCUT2D eigenvalue weighted by atomic mass is 10.1. The van der Waals surface area contributed by atoms with Crippen molar-refractivity contribution in [2.75, 3.05) is 37.7 Å². The summed E-state index contributed by atoms with van der Waals surface area (Å²) < 4.78 is 43.5. The number of halogens is 4. The summed E-state index contributed by atoms with van der Waals surface area (Å²) in [6.07, 6.45) is -1.99. The number of nitrogens with zero attached hydrogens (tertiary/aromatic N) is 3. The van der Waals surface area contributed by atoms with Crippen LogP contribution in [0.2, 0.25) is 5.02 Å². The molecule has 0 aliphatic carbocycles. The molecule has 3 aromatic rings. The molecule has 0 unspecified atom stereocenters. The van der Waals surface area contributed by atoms with Crippen LogP contribution in [0, 0.1) is 0 Å². The number of H-pyrrole nitrogens is 1. The Hall–Kier alpha value is -3.27. The minimum atomic E-state index is -4.52. The Labute approximate surface area is 192 Å². The number of benzene rings is 1. The molecule has 33 heavy (non-hydrogen) atoms. The minimum Gasteiger partial charge on any atom is -0.455 e. The number of para-hydroxylation sites is 1. The fourth-order valence-corrected chi connectivity index (χ4v) is 3.99. The highest BCUT2D eigenvalue weighted by atomic mass is 35.5. The van der Waals surface area contributed by atoms with E-state index >= 15 is 0 Å². The number of ether oxygens (including phenoxy) is 1. The zero-order valence-corrected chi connectivity index (χ0v) is 18.1. The molecule has 0 spiro atoms. The third-order valence-corrected chi connectivity index (χ3v) is 5.73. The van der Waals surface area contributed by atoms with Crippen LogP contribution in [0.3, 0.4) is 0 Å². The van der Waals surface area contributed by atoms with Gasteiger partial charge in [0.05, 0.1) is 17.0 Å². The van der Waals surface area contributed by atoms with E-state index in [1.807, 2.05) is 24.3 Å². The van der Waals surface area contributed by atoms with Gasteiger partial charge in [-0.15, -0.1) is 0 Å². The van der Waals surface area contributed by atoms with Crippen molar-refractivity contribution in [2.45, 2.75) is 12.6 Å². The molecule has 2 aromatic heterocycles. The van der Waals surface area contributed by atoms with Crippen LogP contribution < -0.4 is 4.90 Å². The van der Waals surface area contributed by atoms with Gasteiger partial charge in [-0.25, -0.2) is 4.98 Å². The van der Waals surface area contributed by atoms with Crippen molar-refractivity contribution >= 4 is 40.2 Å². The largest absolute Gasteiger partial charge is 0.455 e. The van der Waals surface area contributed by atoms with Gasteiger partial charge in [0.25, 0.3) is 5.91 Å². The second kappa shape index (κ2) is 9.30. The van der Waals surface area contributed by atoms with E-state index in [0.717, 1.165) is 28.7 Å². The maximum atomic E-state index is 12.8. The molecular formula is C22H20ClF3N4O3. The second-order valence-electron chi connectivity index (χ2n) is 7.59. The second-order valence-corrected chi connectivity index (χ2v) is 8.00. The van der Waals surface area contributed by atoms with E-state index < -0.39 is 17.7 Å². The number of nitrogens with one attached hydrogen (secondary N) is 1. The lowest BCUT2D eigenvalue weighted by Crippen LogP contribution is -2.50. The number of carbonyl (C=O) groups excluding carboxylic acids is 2. The Morgan fingerprint density at radius 3 is 2.58 bits per heavy atom. The molecule has 0 saturated carbocycles. The van der Waals surface area contributed by atoms with E-state index in [-0.39, 0.29) is 29.8 Å². The smallest absolute Gasteiger partial charge is 0.417 e. The molecule has 1 aromatic carbocycles. The number of amides is 1. The van der Waals surface area contributed by atoms with E-state index in [1.165, 1.54) is 4.90 Å². The molecule has 7 nitrogen and oxygen atoms in total. The number of esters is 1. The van der Waals surface area contributed by atoms with Crippen molar-refractivity contribution in [1.29, 1.82) is 0 Å². The lowest BCUT2D eigenvalue weighted by molar-refractivity contribution is -0.151. The SMILES string of the molecule is O=C(Cc1c[nH]c2ccccc12)OCC(=O)N1CCN(c2ncc(C(F)(F)F)cc2Cl)CC1. The van der Waals surface area contributed by atoms with E-state index in [2.05, 4.69) is 9.97 Å². The third kappa shape index (κ3) is 5.22. The highest BCUT2D eigenvalue weighted by Gasteiger charge is 2.32. The fourth-order valence-electron chi connectivity index (χ4n) is 3.70. The predicted molar refractivity (Wildman–Crippen MR) is 116 cm³/mol. The molecule has 1 amide bonds. The van der Waals surface area contributed by atoms with Crippen LogP contribution in [0.25, 0.3) is 10.9 Å². The molecule has 0 bridgehead atoms. The molecule has 1 N–H and O–H groups in total. The van der Waals surface area contributed by atoms with Gasteiger partial charge in [-0.3, -0.25) is 9.59 Å². The maximum Gasteiger partial charge on any atom is 0.417 e. The van der Waals surface area contributed by atoms with Crippen molar-refractivity contribution in [3.8, 4) is 0 Å². The molecule has 3 heterocycles. The first-order chi connectivity index (χ1) is 15.7. The Morgan fingerprint density at radius 1 is 1.15 bits per heavy atom. The third-order valence-electron chi connectivity index (χ3n) is 5.45. The van der Waals surface area contributed by atoms with Gasteiger partial charge in [0.2, 0.25) is 0 Å². The number of carbonyl (C=O) groups is 2. The Morgan fingerprint density at radius 2 is 1.88 bits per heavy atom. The summed E-state index contributed by atoms with van der Waals surface area (Å²) in [6, 6.07) is 8.41. The first kappa shape index (κ1) is 22.9. The minimum absolute atomic E-state index is 0.0448. The number of hydrogen-bond donors (Lipinski definition) is 1. The summed E-state index contributed by atoms with van der Waals surface area (Å²) in [7, 11) is 0. The molecular weight excluding hydrogens is 461 g/mol. The molecule has 11 heteroatoms. The van der Waals surface area contributed by atoms with Gasteiger partial charge >= 0.3 is 12.1 Å². The number of aromatic nitrogens is 2. The average Bonchev–Trinajstić information content (AvgIpc) is 3.20. The molecule has 0 atom stereocenters. The van der Waals surface area contributed by atoms with Gasteiger partial charge in [-0.2, -0.15) is 13.2 Å². The summed E-state index contributed by atoms with van der Waals surface area (Å²) in [5.41, 5.74) is 0.786. The van der Waals surface area contributed by atoms with Gasteiger partial charge in [0, 0.05) is 49.5 Å². The Bertz CT molecular complexity index is 1170. The number of pyridine rings is 1. The number of fused-ring (bicyclic) bond motifs is 1. The topological polar surface area (TPSA) is 78.5 Å². The quantitative estimate of drug-likeness (QED) is 0.564. The normalized spacial score (nSPS) is 14.5. The molecule has 4 rings (SSSR count). The van der Waals surface area contributed by atoms with Crippen molar-refractivity contribution in [1.82, 2.24) is 14.9 Å². The number of hydrogen-bond acceptors (Lipinski definition) is 5. The molecule has 0 radical (unpaired) electrons. The van der Waals surface area contributed by atoms with Crippen LogP contribution >= 0.6 is 11.6 Å². The maximum absolute atomic E-state index is 12.8. The average molecular weight is 481 g/mol.